The fraction of sp³-hybridized carbons (Fsp3) is 0.562. The number of aryl methyl sites for hydroxylation is 2. The van der Waals surface area contributed by atoms with Crippen molar-refractivity contribution < 1.29 is 4.79 Å². The number of nitrogens with zero attached hydrogens (tertiary/aromatic N) is 1. The maximum absolute atomic E-state index is 12.4. The molecule has 1 atom stereocenters. The number of carbonyl (C=O) groups is 1. The third-order valence-electron chi connectivity index (χ3n) is 3.83. The second-order valence-corrected chi connectivity index (χ2v) is 6.52. The number of carbonyl (C=O) groups excluding carboxylic acids is 1. The molecule has 0 radical (unpaired) electrons. The van der Waals surface area contributed by atoms with Gasteiger partial charge in [0, 0.05) is 24.0 Å². The molecular formula is C16H25ClN2OS. The van der Waals surface area contributed by atoms with Gasteiger partial charge in [0.15, 0.2) is 0 Å². The van der Waals surface area contributed by atoms with Gasteiger partial charge in [0.25, 0.3) is 0 Å². The Kier molecular flexibility index (Phi) is 7.57. The number of thioether (sulfide) groups is 1. The van der Waals surface area contributed by atoms with Crippen LogP contribution in [0, 0.1) is 13.8 Å². The Hall–Kier alpha value is -0.710. The lowest BCUT2D eigenvalue weighted by Crippen LogP contribution is -2.41. The van der Waals surface area contributed by atoms with Crippen LogP contribution in [0.25, 0.3) is 0 Å². The minimum atomic E-state index is 0. The van der Waals surface area contributed by atoms with Crippen LogP contribution in [0.2, 0.25) is 0 Å². The molecule has 21 heavy (non-hydrogen) atoms. The first-order valence-corrected chi connectivity index (χ1v) is 8.24. The summed E-state index contributed by atoms with van der Waals surface area (Å²) in [6.45, 7) is 6.01. The highest BCUT2D eigenvalue weighted by Gasteiger charge is 2.27. The number of rotatable bonds is 5. The van der Waals surface area contributed by atoms with Crippen LogP contribution in [0.5, 0.6) is 0 Å². The highest BCUT2D eigenvalue weighted by molar-refractivity contribution is 8.00. The van der Waals surface area contributed by atoms with Gasteiger partial charge in [0.2, 0.25) is 5.91 Å². The van der Waals surface area contributed by atoms with Gasteiger partial charge in [-0.1, -0.05) is 17.7 Å². The van der Waals surface area contributed by atoms with Crippen LogP contribution in [0.15, 0.2) is 23.1 Å². The molecular weight excluding hydrogens is 304 g/mol. The second kappa shape index (κ2) is 8.66. The summed E-state index contributed by atoms with van der Waals surface area (Å²) < 4.78 is 0. The lowest BCUT2D eigenvalue weighted by Gasteiger charge is -2.24. The molecule has 0 bridgehead atoms. The number of halogens is 1. The standard InChI is InChI=1S/C16H24N2OS.ClH/c1-12-6-7-13(2)15(9-12)20-11-16(19)18-8-4-5-14(18)10-17-3;/h6-7,9,14,17H,4-5,8,10-11H2,1-3H3;1H. The van der Waals surface area contributed by atoms with E-state index in [1.807, 2.05) is 7.05 Å². The molecule has 1 aliphatic heterocycles. The fourth-order valence-corrected chi connectivity index (χ4v) is 3.71. The molecule has 1 unspecified atom stereocenters. The summed E-state index contributed by atoms with van der Waals surface area (Å²) in [7, 11) is 1.95. The Morgan fingerprint density at radius 3 is 2.90 bits per heavy atom. The van der Waals surface area contributed by atoms with Gasteiger partial charge in [-0.25, -0.2) is 0 Å². The molecule has 3 nitrogen and oxygen atoms in total. The molecule has 2 rings (SSSR count). The van der Waals surface area contributed by atoms with Crippen LogP contribution in [-0.4, -0.2) is 42.7 Å². The normalized spacial score (nSPS) is 17.7. The van der Waals surface area contributed by atoms with E-state index in [9.17, 15) is 4.79 Å². The van der Waals surface area contributed by atoms with Gasteiger partial charge in [-0.2, -0.15) is 0 Å². The summed E-state index contributed by atoms with van der Waals surface area (Å²) in [5, 5.41) is 3.18. The summed E-state index contributed by atoms with van der Waals surface area (Å²) in [5.41, 5.74) is 2.50. The summed E-state index contributed by atoms with van der Waals surface area (Å²) >= 11 is 1.66. The largest absolute Gasteiger partial charge is 0.338 e. The number of likely N-dealkylation sites (tertiary alicyclic amines) is 1. The molecule has 1 N–H and O–H groups in total. The van der Waals surface area contributed by atoms with Crippen molar-refractivity contribution in [3.8, 4) is 0 Å². The molecule has 1 aliphatic rings. The predicted octanol–water partition coefficient (Wildman–Crippen LogP) is 3.03. The van der Waals surface area contributed by atoms with Crippen LogP contribution in [0.4, 0.5) is 0 Å². The maximum atomic E-state index is 12.4. The first kappa shape index (κ1) is 18.3. The number of nitrogens with one attached hydrogen (secondary N) is 1. The number of hydrogen-bond acceptors (Lipinski definition) is 3. The monoisotopic (exact) mass is 328 g/mol. The predicted molar refractivity (Wildman–Crippen MR) is 92.5 cm³/mol. The van der Waals surface area contributed by atoms with Gasteiger partial charge in [0.05, 0.1) is 5.75 Å². The van der Waals surface area contributed by atoms with E-state index in [4.69, 9.17) is 0 Å². The Morgan fingerprint density at radius 1 is 1.43 bits per heavy atom. The third kappa shape index (κ3) is 4.90. The van der Waals surface area contributed by atoms with Gasteiger partial charge >= 0.3 is 0 Å². The number of benzene rings is 1. The lowest BCUT2D eigenvalue weighted by molar-refractivity contribution is -0.129. The molecule has 1 fully saturated rings. The fourth-order valence-electron chi connectivity index (χ4n) is 2.70. The second-order valence-electron chi connectivity index (χ2n) is 5.50. The van der Waals surface area contributed by atoms with Gasteiger partial charge in [0.1, 0.15) is 0 Å². The average Bonchev–Trinajstić information content (AvgIpc) is 2.88. The molecule has 0 aromatic heterocycles. The van der Waals surface area contributed by atoms with Crippen molar-refractivity contribution in [3.05, 3.63) is 29.3 Å². The highest BCUT2D eigenvalue weighted by atomic mass is 35.5. The van der Waals surface area contributed by atoms with E-state index in [2.05, 4.69) is 42.3 Å². The van der Waals surface area contributed by atoms with Crippen LogP contribution < -0.4 is 5.32 Å². The Bertz CT molecular complexity index is 481. The SMILES string of the molecule is CNCC1CCCN1C(=O)CSc1cc(C)ccc1C.Cl. The zero-order chi connectivity index (χ0) is 14.5. The van der Waals surface area contributed by atoms with Crippen LogP contribution >= 0.6 is 24.2 Å². The number of hydrogen-bond donors (Lipinski definition) is 1. The van der Waals surface area contributed by atoms with Crippen LogP contribution in [0.1, 0.15) is 24.0 Å². The van der Waals surface area contributed by atoms with Crippen molar-refractivity contribution in [2.75, 3.05) is 25.9 Å². The van der Waals surface area contributed by atoms with Crippen LogP contribution in [-0.2, 0) is 4.79 Å². The molecule has 118 valence electrons. The molecule has 1 saturated heterocycles. The van der Waals surface area contributed by atoms with E-state index in [1.54, 1.807) is 11.8 Å². The van der Waals surface area contributed by atoms with Gasteiger partial charge in [-0.3, -0.25) is 4.79 Å². The van der Waals surface area contributed by atoms with Crippen molar-refractivity contribution in [1.29, 1.82) is 0 Å². The zero-order valence-corrected chi connectivity index (χ0v) is 14.6. The van der Waals surface area contributed by atoms with Crippen molar-refractivity contribution in [2.45, 2.75) is 37.6 Å². The van der Waals surface area contributed by atoms with Gasteiger partial charge in [-0.05, 0) is 45.4 Å². The molecule has 1 aromatic rings. The molecule has 1 heterocycles. The molecule has 1 aromatic carbocycles. The molecule has 1 amide bonds. The maximum Gasteiger partial charge on any atom is 0.233 e. The Balaban J connectivity index is 0.00000220. The first-order valence-electron chi connectivity index (χ1n) is 7.26. The van der Waals surface area contributed by atoms with Gasteiger partial charge in [-0.15, -0.1) is 24.2 Å². The average molecular weight is 329 g/mol. The zero-order valence-electron chi connectivity index (χ0n) is 13.0. The van der Waals surface area contributed by atoms with E-state index in [0.29, 0.717) is 11.8 Å². The minimum Gasteiger partial charge on any atom is -0.338 e. The summed E-state index contributed by atoms with van der Waals surface area (Å²) in [4.78, 5) is 15.7. The van der Waals surface area contributed by atoms with Crippen molar-refractivity contribution in [2.24, 2.45) is 0 Å². The van der Waals surface area contributed by atoms with Crippen molar-refractivity contribution in [3.63, 3.8) is 0 Å². The Morgan fingerprint density at radius 2 is 2.19 bits per heavy atom. The molecule has 0 spiro atoms. The molecule has 0 aliphatic carbocycles. The summed E-state index contributed by atoms with van der Waals surface area (Å²) in [5.74, 6) is 0.818. The molecule has 5 heteroatoms. The highest BCUT2D eigenvalue weighted by Crippen LogP contribution is 2.25. The molecule has 0 saturated carbocycles. The Labute approximate surface area is 138 Å². The third-order valence-corrected chi connectivity index (χ3v) is 4.97. The number of likely N-dealkylation sites (N-methyl/N-ethyl adjacent to an activating group) is 1. The van der Waals surface area contributed by atoms with E-state index >= 15 is 0 Å². The van der Waals surface area contributed by atoms with E-state index in [-0.39, 0.29) is 18.3 Å². The van der Waals surface area contributed by atoms with Crippen molar-refractivity contribution in [1.82, 2.24) is 10.2 Å². The summed E-state index contributed by atoms with van der Waals surface area (Å²) in [6, 6.07) is 6.79. The van der Waals surface area contributed by atoms with Crippen molar-refractivity contribution >= 4 is 30.1 Å². The number of amides is 1. The van der Waals surface area contributed by atoms with E-state index in [1.165, 1.54) is 16.0 Å². The van der Waals surface area contributed by atoms with Crippen LogP contribution in [0.3, 0.4) is 0 Å². The summed E-state index contributed by atoms with van der Waals surface area (Å²) in [6.07, 6.45) is 2.26. The minimum absolute atomic E-state index is 0. The topological polar surface area (TPSA) is 32.3 Å². The van der Waals surface area contributed by atoms with Gasteiger partial charge < -0.3 is 10.2 Å². The van der Waals surface area contributed by atoms with E-state index < -0.39 is 0 Å². The smallest absolute Gasteiger partial charge is 0.233 e. The van der Waals surface area contributed by atoms with E-state index in [0.717, 1.165) is 25.9 Å². The quantitative estimate of drug-likeness (QED) is 0.843. The first-order chi connectivity index (χ1) is 9.61. The lowest BCUT2D eigenvalue weighted by atomic mass is 10.2.